The molecule has 2 heterocycles. The maximum atomic E-state index is 12.7. The number of aryl methyl sites for hydroxylation is 1. The fourth-order valence-electron chi connectivity index (χ4n) is 2.79. The first-order valence-corrected chi connectivity index (χ1v) is 9.67. The molecule has 0 saturated heterocycles. The second-order valence-electron chi connectivity index (χ2n) is 5.82. The lowest BCUT2D eigenvalue weighted by molar-refractivity contribution is 0.257. The zero-order valence-electron chi connectivity index (χ0n) is 13.4. The molecule has 1 aromatic carbocycles. The number of sulfone groups is 1. The number of urea groups is 1. The van der Waals surface area contributed by atoms with Gasteiger partial charge in [0.05, 0.1) is 4.90 Å². The molecule has 1 aromatic heterocycles. The summed E-state index contributed by atoms with van der Waals surface area (Å²) in [6.07, 6.45) is 5.39. The van der Waals surface area contributed by atoms with Gasteiger partial charge in [-0.3, -0.25) is 10.2 Å². The Morgan fingerprint density at radius 3 is 2.79 bits per heavy atom. The van der Waals surface area contributed by atoms with Gasteiger partial charge in [0.1, 0.15) is 5.82 Å². The molecule has 1 N–H and O–H groups in total. The summed E-state index contributed by atoms with van der Waals surface area (Å²) in [5.74, 6) is 0.227. The second kappa shape index (κ2) is 6.60. The topological polar surface area (TPSA) is 79.4 Å². The molecule has 0 bridgehead atoms. The Morgan fingerprint density at radius 2 is 2.00 bits per heavy atom. The van der Waals surface area contributed by atoms with Crippen LogP contribution in [0.4, 0.5) is 16.3 Å². The Labute approximate surface area is 141 Å². The third-order valence-electron chi connectivity index (χ3n) is 4.00. The molecule has 126 valence electrons. The highest BCUT2D eigenvalue weighted by atomic mass is 32.2. The number of fused-ring (bicyclic) bond motifs is 1. The molecule has 0 aliphatic carbocycles. The quantitative estimate of drug-likeness (QED) is 0.908. The standard InChI is InChI=1S/C17H19N3O3S/c1-24(22,23)14-9-10-18-16(12-14)19-17(21)20-11-5-4-7-13-6-2-3-8-15(13)20/h2-3,6,8-10,12H,4-5,7,11H2,1H3,(H,18,19,21). The summed E-state index contributed by atoms with van der Waals surface area (Å²) in [5.41, 5.74) is 2.04. The second-order valence-corrected chi connectivity index (χ2v) is 7.83. The van der Waals surface area contributed by atoms with E-state index in [1.807, 2.05) is 24.3 Å². The maximum absolute atomic E-state index is 12.7. The molecule has 0 radical (unpaired) electrons. The molecule has 0 atom stereocenters. The van der Waals surface area contributed by atoms with E-state index < -0.39 is 9.84 Å². The van der Waals surface area contributed by atoms with E-state index in [0.717, 1.165) is 36.8 Å². The lowest BCUT2D eigenvalue weighted by Gasteiger charge is -2.23. The molecule has 0 fully saturated rings. The van der Waals surface area contributed by atoms with Gasteiger partial charge in [-0.1, -0.05) is 18.2 Å². The van der Waals surface area contributed by atoms with E-state index in [-0.39, 0.29) is 16.7 Å². The minimum atomic E-state index is -3.35. The third kappa shape index (κ3) is 3.56. The van der Waals surface area contributed by atoms with Crippen LogP contribution in [0.3, 0.4) is 0 Å². The summed E-state index contributed by atoms with van der Waals surface area (Å²) in [6.45, 7) is 0.620. The molecule has 2 aromatic rings. The molecule has 3 rings (SSSR count). The zero-order chi connectivity index (χ0) is 17.2. The number of nitrogens with one attached hydrogen (secondary N) is 1. The van der Waals surface area contributed by atoms with Crippen LogP contribution in [0.25, 0.3) is 0 Å². The van der Waals surface area contributed by atoms with Gasteiger partial charge in [0.2, 0.25) is 0 Å². The molecule has 1 aliphatic heterocycles. The summed E-state index contributed by atoms with van der Waals surface area (Å²) < 4.78 is 23.3. The summed E-state index contributed by atoms with van der Waals surface area (Å²) >= 11 is 0. The molecular formula is C17H19N3O3S. The number of hydrogen-bond acceptors (Lipinski definition) is 4. The van der Waals surface area contributed by atoms with Gasteiger partial charge in [-0.05, 0) is 43.0 Å². The van der Waals surface area contributed by atoms with Gasteiger partial charge in [0.25, 0.3) is 0 Å². The van der Waals surface area contributed by atoms with Crippen LogP contribution in [0.2, 0.25) is 0 Å². The van der Waals surface area contributed by atoms with Gasteiger partial charge in [-0.2, -0.15) is 0 Å². The highest BCUT2D eigenvalue weighted by Gasteiger charge is 2.21. The zero-order valence-corrected chi connectivity index (χ0v) is 14.2. The Balaban J connectivity index is 1.85. The fourth-order valence-corrected chi connectivity index (χ4v) is 3.42. The van der Waals surface area contributed by atoms with Crippen LogP contribution in [0.1, 0.15) is 18.4 Å². The number of carbonyl (C=O) groups excluding carboxylic acids is 1. The van der Waals surface area contributed by atoms with Crippen molar-refractivity contribution >= 4 is 27.4 Å². The van der Waals surface area contributed by atoms with Gasteiger partial charge in [-0.15, -0.1) is 0 Å². The van der Waals surface area contributed by atoms with Crippen LogP contribution in [-0.2, 0) is 16.3 Å². The Hall–Kier alpha value is -2.41. The number of nitrogens with zero attached hydrogens (tertiary/aromatic N) is 2. The van der Waals surface area contributed by atoms with Crippen molar-refractivity contribution in [2.75, 3.05) is 23.0 Å². The van der Waals surface area contributed by atoms with Crippen molar-refractivity contribution in [3.05, 3.63) is 48.2 Å². The first-order valence-electron chi connectivity index (χ1n) is 7.78. The number of carbonyl (C=O) groups is 1. The maximum Gasteiger partial charge on any atom is 0.327 e. The SMILES string of the molecule is CS(=O)(=O)c1ccnc(NC(=O)N2CCCCc3ccccc32)c1. The van der Waals surface area contributed by atoms with E-state index in [4.69, 9.17) is 0 Å². The van der Waals surface area contributed by atoms with Crippen molar-refractivity contribution in [2.45, 2.75) is 24.2 Å². The number of pyridine rings is 1. The monoisotopic (exact) mass is 345 g/mol. The largest absolute Gasteiger partial charge is 0.327 e. The molecule has 0 saturated carbocycles. The van der Waals surface area contributed by atoms with E-state index in [0.29, 0.717) is 6.54 Å². The van der Waals surface area contributed by atoms with E-state index >= 15 is 0 Å². The summed E-state index contributed by atoms with van der Waals surface area (Å²) in [7, 11) is -3.35. The molecular weight excluding hydrogens is 326 g/mol. The Morgan fingerprint density at radius 1 is 1.21 bits per heavy atom. The Kier molecular flexibility index (Phi) is 4.53. The summed E-state index contributed by atoms with van der Waals surface area (Å²) in [4.78, 5) is 18.5. The summed E-state index contributed by atoms with van der Waals surface area (Å²) in [6, 6.07) is 10.3. The van der Waals surface area contributed by atoms with Crippen LogP contribution in [0.15, 0.2) is 47.5 Å². The average Bonchev–Trinajstić information content (AvgIpc) is 2.77. The lowest BCUT2D eigenvalue weighted by Crippen LogP contribution is -2.36. The van der Waals surface area contributed by atoms with Gasteiger partial charge < -0.3 is 0 Å². The number of hydrogen-bond donors (Lipinski definition) is 1. The van der Waals surface area contributed by atoms with Gasteiger partial charge in [0, 0.05) is 24.7 Å². The Bertz CT molecular complexity index is 865. The average molecular weight is 345 g/mol. The predicted molar refractivity (Wildman–Crippen MR) is 93.1 cm³/mol. The van der Waals surface area contributed by atoms with Gasteiger partial charge >= 0.3 is 6.03 Å². The normalized spacial score (nSPS) is 14.6. The van der Waals surface area contributed by atoms with Crippen molar-refractivity contribution in [2.24, 2.45) is 0 Å². The number of benzene rings is 1. The van der Waals surface area contributed by atoms with Crippen LogP contribution in [0, 0.1) is 0 Å². The highest BCUT2D eigenvalue weighted by molar-refractivity contribution is 7.90. The van der Waals surface area contributed by atoms with Crippen molar-refractivity contribution in [1.29, 1.82) is 0 Å². The third-order valence-corrected chi connectivity index (χ3v) is 5.11. The summed E-state index contributed by atoms with van der Waals surface area (Å²) in [5, 5.41) is 2.70. The molecule has 7 heteroatoms. The van der Waals surface area contributed by atoms with Crippen molar-refractivity contribution in [3.63, 3.8) is 0 Å². The van der Waals surface area contributed by atoms with Gasteiger partial charge in [-0.25, -0.2) is 18.2 Å². The highest BCUT2D eigenvalue weighted by Crippen LogP contribution is 2.26. The molecule has 24 heavy (non-hydrogen) atoms. The molecule has 1 aliphatic rings. The number of aromatic nitrogens is 1. The van der Waals surface area contributed by atoms with Gasteiger partial charge in [0.15, 0.2) is 9.84 Å². The van der Waals surface area contributed by atoms with E-state index in [1.165, 1.54) is 18.3 Å². The molecule has 6 nitrogen and oxygen atoms in total. The number of rotatable bonds is 2. The van der Waals surface area contributed by atoms with Crippen LogP contribution in [0.5, 0.6) is 0 Å². The lowest BCUT2D eigenvalue weighted by atomic mass is 10.1. The first kappa shape index (κ1) is 16.4. The van der Waals surface area contributed by atoms with E-state index in [2.05, 4.69) is 10.3 Å². The number of anilines is 2. The van der Waals surface area contributed by atoms with Crippen LogP contribution >= 0.6 is 0 Å². The number of amides is 2. The van der Waals surface area contributed by atoms with E-state index in [1.54, 1.807) is 4.90 Å². The molecule has 0 spiro atoms. The minimum absolute atomic E-state index is 0.129. The molecule has 0 unspecified atom stereocenters. The van der Waals surface area contributed by atoms with Crippen LogP contribution in [-0.4, -0.2) is 32.2 Å². The van der Waals surface area contributed by atoms with Crippen molar-refractivity contribution < 1.29 is 13.2 Å². The first-order chi connectivity index (χ1) is 11.4. The fraction of sp³-hybridized carbons (Fsp3) is 0.294. The predicted octanol–water partition coefficient (Wildman–Crippen LogP) is 2.86. The smallest absolute Gasteiger partial charge is 0.294 e. The van der Waals surface area contributed by atoms with Crippen LogP contribution < -0.4 is 10.2 Å². The van der Waals surface area contributed by atoms with Crippen molar-refractivity contribution in [1.82, 2.24) is 4.98 Å². The number of para-hydroxylation sites is 1. The van der Waals surface area contributed by atoms with Crippen molar-refractivity contribution in [3.8, 4) is 0 Å². The minimum Gasteiger partial charge on any atom is -0.294 e. The van der Waals surface area contributed by atoms with E-state index in [9.17, 15) is 13.2 Å². The molecule has 2 amide bonds.